The number of carboxylic acids is 1. The molecule has 0 saturated carbocycles. The van der Waals surface area contributed by atoms with Gasteiger partial charge in [0, 0.05) is 49.3 Å². The lowest BCUT2D eigenvalue weighted by atomic mass is 10.2. The molecule has 0 atom stereocenters. The molecule has 3 heterocycles. The van der Waals surface area contributed by atoms with Crippen molar-refractivity contribution in [2.45, 2.75) is 0 Å². The Morgan fingerprint density at radius 1 is 1.07 bits per heavy atom. The van der Waals surface area contributed by atoms with Gasteiger partial charge in [0.25, 0.3) is 0 Å². The van der Waals surface area contributed by atoms with Crippen molar-refractivity contribution in [2.75, 3.05) is 36.4 Å². The molecule has 0 spiro atoms. The van der Waals surface area contributed by atoms with Crippen LogP contribution in [-0.4, -0.2) is 57.5 Å². The van der Waals surface area contributed by atoms with Crippen LogP contribution in [0.2, 0.25) is 0 Å². The van der Waals surface area contributed by atoms with Crippen LogP contribution in [0.15, 0.2) is 46.9 Å². The molecule has 0 aliphatic carbocycles. The zero-order valence-electron chi connectivity index (χ0n) is 14.7. The Hall–Kier alpha value is -3.40. The van der Waals surface area contributed by atoms with Crippen molar-refractivity contribution >= 4 is 34.5 Å². The van der Waals surface area contributed by atoms with Gasteiger partial charge in [0.2, 0.25) is 16.8 Å². The van der Waals surface area contributed by atoms with Crippen molar-refractivity contribution < 1.29 is 19.1 Å². The number of hydrogen-bond donors (Lipinski definition) is 2. The predicted octanol–water partition coefficient (Wildman–Crippen LogP) is 2.85. The number of nitrogens with zero attached hydrogens (tertiary/aromatic N) is 4. The van der Waals surface area contributed by atoms with E-state index in [9.17, 15) is 9.59 Å². The van der Waals surface area contributed by atoms with Crippen molar-refractivity contribution in [3.63, 3.8) is 0 Å². The largest absolute Gasteiger partial charge is 0.475 e. The second-order valence-corrected chi connectivity index (χ2v) is 6.87. The van der Waals surface area contributed by atoms with Gasteiger partial charge >= 0.3 is 12.0 Å². The van der Waals surface area contributed by atoms with Gasteiger partial charge in [-0.05, 0) is 6.07 Å². The highest BCUT2D eigenvalue weighted by molar-refractivity contribution is 7.09. The zero-order valence-corrected chi connectivity index (χ0v) is 15.6. The fourth-order valence-corrected chi connectivity index (χ4v) is 3.59. The smallest absolute Gasteiger partial charge is 0.371 e. The quantitative estimate of drug-likeness (QED) is 0.694. The Morgan fingerprint density at radius 2 is 1.82 bits per heavy atom. The minimum atomic E-state index is -1.18. The van der Waals surface area contributed by atoms with Gasteiger partial charge in [-0.25, -0.2) is 9.59 Å². The molecule has 1 aromatic carbocycles. The van der Waals surface area contributed by atoms with Crippen molar-refractivity contribution in [1.82, 2.24) is 14.3 Å². The lowest BCUT2D eigenvalue weighted by molar-refractivity contribution is 0.0663. The van der Waals surface area contributed by atoms with E-state index in [1.807, 2.05) is 30.3 Å². The number of urea groups is 1. The molecule has 1 saturated heterocycles. The van der Waals surface area contributed by atoms with Gasteiger partial charge in [-0.3, -0.25) is 5.32 Å². The number of benzene rings is 1. The summed E-state index contributed by atoms with van der Waals surface area (Å²) in [6, 6.07) is 12.2. The third kappa shape index (κ3) is 3.81. The summed E-state index contributed by atoms with van der Waals surface area (Å²) in [6.45, 7) is 2.29. The second-order valence-electron chi connectivity index (χ2n) is 6.14. The summed E-state index contributed by atoms with van der Waals surface area (Å²) < 4.78 is 9.48. The van der Waals surface area contributed by atoms with E-state index in [-0.39, 0.29) is 17.7 Å². The molecule has 0 unspecified atom stereocenters. The first-order valence-corrected chi connectivity index (χ1v) is 9.40. The van der Waals surface area contributed by atoms with Gasteiger partial charge in [0.1, 0.15) is 0 Å². The third-order valence-corrected chi connectivity index (χ3v) is 5.11. The molecular weight excluding hydrogens is 382 g/mol. The van der Waals surface area contributed by atoms with E-state index in [0.29, 0.717) is 32.0 Å². The monoisotopic (exact) mass is 399 g/mol. The standard InChI is InChI=1S/C18H17N5O4S/c24-16(25)13-6-7-14(27-13)19-17(26)22-8-10-23(11-9-22)18-20-15(21-28-18)12-4-2-1-3-5-12/h1-7H,8-11H2,(H,19,26)(H,24,25). The van der Waals surface area contributed by atoms with E-state index >= 15 is 0 Å². The number of furan rings is 1. The summed E-state index contributed by atoms with van der Waals surface area (Å²) in [5, 5.41) is 12.3. The van der Waals surface area contributed by atoms with Crippen LogP contribution >= 0.6 is 11.5 Å². The van der Waals surface area contributed by atoms with E-state index in [1.165, 1.54) is 23.7 Å². The lowest BCUT2D eigenvalue weighted by Gasteiger charge is -2.34. The molecule has 0 bridgehead atoms. The van der Waals surface area contributed by atoms with E-state index in [2.05, 4.69) is 19.6 Å². The van der Waals surface area contributed by atoms with Gasteiger partial charge in [-0.2, -0.15) is 9.36 Å². The van der Waals surface area contributed by atoms with Crippen molar-refractivity contribution in [3.05, 3.63) is 48.2 Å². The summed E-state index contributed by atoms with van der Waals surface area (Å²) in [7, 11) is 0. The highest BCUT2D eigenvalue weighted by Crippen LogP contribution is 2.25. The Labute approximate surface area is 164 Å². The van der Waals surface area contributed by atoms with E-state index in [0.717, 1.165) is 10.7 Å². The molecular formula is C18H17N5O4S. The minimum Gasteiger partial charge on any atom is -0.475 e. The van der Waals surface area contributed by atoms with Gasteiger partial charge in [-0.15, -0.1) is 0 Å². The number of nitrogens with one attached hydrogen (secondary N) is 1. The number of hydrogen-bond acceptors (Lipinski definition) is 7. The second kappa shape index (κ2) is 7.69. The first-order valence-electron chi connectivity index (χ1n) is 8.63. The molecule has 1 aliphatic rings. The molecule has 1 fully saturated rings. The van der Waals surface area contributed by atoms with Gasteiger partial charge in [0.15, 0.2) is 5.82 Å². The Morgan fingerprint density at radius 3 is 2.50 bits per heavy atom. The maximum Gasteiger partial charge on any atom is 0.371 e. The average Bonchev–Trinajstić information content (AvgIpc) is 3.39. The number of anilines is 2. The van der Waals surface area contributed by atoms with Gasteiger partial charge < -0.3 is 19.3 Å². The van der Waals surface area contributed by atoms with Crippen molar-refractivity contribution in [3.8, 4) is 11.4 Å². The number of aromatic nitrogens is 2. The first kappa shape index (κ1) is 18.0. The molecule has 9 nitrogen and oxygen atoms in total. The van der Waals surface area contributed by atoms with Crippen LogP contribution in [0, 0.1) is 0 Å². The normalized spacial score (nSPS) is 14.1. The lowest BCUT2D eigenvalue weighted by Crippen LogP contribution is -2.50. The average molecular weight is 399 g/mol. The number of amides is 2. The summed E-state index contributed by atoms with van der Waals surface area (Å²) in [5.74, 6) is -0.582. The van der Waals surface area contributed by atoms with Crippen molar-refractivity contribution in [1.29, 1.82) is 0 Å². The maximum atomic E-state index is 12.3. The number of piperazine rings is 1. The Bertz CT molecular complexity index is 979. The van der Waals surface area contributed by atoms with Crippen LogP contribution in [0.25, 0.3) is 11.4 Å². The Kier molecular flexibility index (Phi) is 4.94. The summed E-state index contributed by atoms with van der Waals surface area (Å²) in [4.78, 5) is 31.5. The van der Waals surface area contributed by atoms with Crippen LogP contribution in [0.5, 0.6) is 0 Å². The number of rotatable bonds is 4. The molecule has 2 aromatic heterocycles. The molecule has 4 rings (SSSR count). The summed E-state index contributed by atoms with van der Waals surface area (Å²) in [5.41, 5.74) is 0.974. The highest BCUT2D eigenvalue weighted by atomic mass is 32.1. The molecule has 2 amide bonds. The fraction of sp³-hybridized carbons (Fsp3) is 0.222. The Balaban J connectivity index is 1.33. The summed E-state index contributed by atoms with van der Waals surface area (Å²) in [6.07, 6.45) is 0. The highest BCUT2D eigenvalue weighted by Gasteiger charge is 2.24. The van der Waals surface area contributed by atoms with Gasteiger partial charge in [0.05, 0.1) is 0 Å². The third-order valence-electron chi connectivity index (χ3n) is 4.33. The first-order chi connectivity index (χ1) is 13.6. The molecule has 28 heavy (non-hydrogen) atoms. The zero-order chi connectivity index (χ0) is 19.5. The van der Waals surface area contributed by atoms with E-state index in [1.54, 1.807) is 4.90 Å². The van der Waals surface area contributed by atoms with Gasteiger partial charge in [-0.1, -0.05) is 30.3 Å². The molecule has 2 N–H and O–H groups in total. The number of aromatic carboxylic acids is 1. The predicted molar refractivity (Wildman–Crippen MR) is 104 cm³/mol. The molecule has 1 aliphatic heterocycles. The van der Waals surface area contributed by atoms with E-state index in [4.69, 9.17) is 9.52 Å². The van der Waals surface area contributed by atoms with Crippen molar-refractivity contribution in [2.24, 2.45) is 0 Å². The van der Waals surface area contributed by atoms with E-state index < -0.39 is 5.97 Å². The number of carbonyl (C=O) groups is 2. The topological polar surface area (TPSA) is 112 Å². The van der Waals surface area contributed by atoms with Crippen LogP contribution in [-0.2, 0) is 0 Å². The fourth-order valence-electron chi connectivity index (χ4n) is 2.85. The molecule has 0 radical (unpaired) electrons. The van der Waals surface area contributed by atoms with Crippen LogP contribution < -0.4 is 10.2 Å². The molecule has 10 heteroatoms. The maximum absolute atomic E-state index is 12.3. The summed E-state index contributed by atoms with van der Waals surface area (Å²) >= 11 is 1.34. The molecule has 144 valence electrons. The van der Waals surface area contributed by atoms with Crippen LogP contribution in [0.1, 0.15) is 10.6 Å². The number of carbonyl (C=O) groups excluding carboxylic acids is 1. The minimum absolute atomic E-state index is 0.112. The van der Waals surface area contributed by atoms with Crippen LogP contribution in [0.3, 0.4) is 0 Å². The molecule has 3 aromatic rings. The SMILES string of the molecule is O=C(O)c1ccc(NC(=O)N2CCN(c3nc(-c4ccccc4)ns3)CC2)o1. The number of carboxylic acid groups (broad SMARTS) is 1. The van der Waals surface area contributed by atoms with Crippen LogP contribution in [0.4, 0.5) is 15.8 Å².